The Hall–Kier alpha value is -1.63. The quantitative estimate of drug-likeness (QED) is 0.635. The summed E-state index contributed by atoms with van der Waals surface area (Å²) in [5, 5.41) is 7.80. The largest absolute Gasteiger partial charge is 0.357 e. The molecule has 0 spiro atoms. The van der Waals surface area contributed by atoms with Gasteiger partial charge in [-0.3, -0.25) is 0 Å². The van der Waals surface area contributed by atoms with Crippen LogP contribution in [-0.2, 0) is 0 Å². The standard InChI is InChI=1S/C11H16N6S/c1-3-4-8-18-11-15-9(12-2)14-10(16-11)17-7-5-6-13-17/h5-7H,3-4,8H2,1-2H3,(H,12,14,15,16). The molecule has 0 aliphatic carbocycles. The van der Waals surface area contributed by atoms with Crippen molar-refractivity contribution in [1.82, 2.24) is 24.7 Å². The van der Waals surface area contributed by atoms with Gasteiger partial charge < -0.3 is 5.32 Å². The van der Waals surface area contributed by atoms with Crippen LogP contribution in [0.2, 0.25) is 0 Å². The van der Waals surface area contributed by atoms with Crippen LogP contribution >= 0.6 is 11.8 Å². The van der Waals surface area contributed by atoms with Crippen molar-refractivity contribution in [2.24, 2.45) is 0 Å². The number of rotatable bonds is 6. The maximum atomic E-state index is 4.40. The molecule has 0 saturated heterocycles. The summed E-state index contributed by atoms with van der Waals surface area (Å²) >= 11 is 1.64. The zero-order chi connectivity index (χ0) is 12.8. The van der Waals surface area contributed by atoms with Crippen molar-refractivity contribution in [2.45, 2.75) is 24.9 Å². The van der Waals surface area contributed by atoms with Gasteiger partial charge in [-0.25, -0.2) is 4.68 Å². The van der Waals surface area contributed by atoms with Crippen LogP contribution in [0.1, 0.15) is 19.8 Å². The van der Waals surface area contributed by atoms with E-state index in [0.717, 1.165) is 17.3 Å². The van der Waals surface area contributed by atoms with E-state index in [9.17, 15) is 0 Å². The van der Waals surface area contributed by atoms with Gasteiger partial charge in [0.1, 0.15) is 0 Å². The van der Waals surface area contributed by atoms with Gasteiger partial charge in [0.25, 0.3) is 5.95 Å². The molecule has 7 heteroatoms. The fraction of sp³-hybridized carbons (Fsp3) is 0.455. The molecule has 0 aromatic carbocycles. The number of nitrogens with one attached hydrogen (secondary N) is 1. The van der Waals surface area contributed by atoms with Gasteiger partial charge in [-0.15, -0.1) is 0 Å². The third-order valence-corrected chi connectivity index (χ3v) is 3.20. The maximum absolute atomic E-state index is 4.40. The summed E-state index contributed by atoms with van der Waals surface area (Å²) in [6, 6.07) is 1.84. The Kier molecular flexibility index (Phi) is 4.52. The molecule has 0 saturated carbocycles. The highest BCUT2D eigenvalue weighted by Crippen LogP contribution is 2.17. The van der Waals surface area contributed by atoms with Crippen molar-refractivity contribution < 1.29 is 0 Å². The van der Waals surface area contributed by atoms with Gasteiger partial charge in [-0.1, -0.05) is 25.1 Å². The lowest BCUT2D eigenvalue weighted by Gasteiger charge is -2.05. The van der Waals surface area contributed by atoms with Crippen molar-refractivity contribution in [1.29, 1.82) is 0 Å². The molecule has 2 aromatic rings. The summed E-state index contributed by atoms with van der Waals surface area (Å²) in [4.78, 5) is 13.0. The van der Waals surface area contributed by atoms with E-state index in [1.165, 1.54) is 6.42 Å². The highest BCUT2D eigenvalue weighted by molar-refractivity contribution is 7.99. The molecule has 0 fully saturated rings. The first-order valence-electron chi connectivity index (χ1n) is 5.90. The Morgan fingerprint density at radius 1 is 1.33 bits per heavy atom. The van der Waals surface area contributed by atoms with Gasteiger partial charge in [-0.05, 0) is 12.5 Å². The third kappa shape index (κ3) is 3.19. The van der Waals surface area contributed by atoms with E-state index in [1.54, 1.807) is 29.7 Å². The Morgan fingerprint density at radius 3 is 2.89 bits per heavy atom. The van der Waals surface area contributed by atoms with Crippen LogP contribution in [0.4, 0.5) is 5.95 Å². The van der Waals surface area contributed by atoms with Gasteiger partial charge in [-0.2, -0.15) is 20.1 Å². The normalized spacial score (nSPS) is 10.6. The first-order chi connectivity index (χ1) is 8.83. The molecule has 0 bridgehead atoms. The summed E-state index contributed by atoms with van der Waals surface area (Å²) in [5.41, 5.74) is 0. The molecule has 18 heavy (non-hydrogen) atoms. The van der Waals surface area contributed by atoms with Crippen molar-refractivity contribution >= 4 is 17.7 Å². The van der Waals surface area contributed by atoms with Crippen LogP contribution < -0.4 is 5.32 Å². The lowest BCUT2D eigenvalue weighted by atomic mass is 10.4. The molecular weight excluding hydrogens is 248 g/mol. The fourth-order valence-electron chi connectivity index (χ4n) is 1.32. The number of unbranched alkanes of at least 4 members (excludes halogenated alkanes) is 1. The van der Waals surface area contributed by atoms with E-state index >= 15 is 0 Å². The molecule has 0 aliphatic rings. The summed E-state index contributed by atoms with van der Waals surface area (Å²) in [5.74, 6) is 2.12. The number of hydrogen-bond acceptors (Lipinski definition) is 6. The number of thioether (sulfide) groups is 1. The van der Waals surface area contributed by atoms with Crippen LogP contribution in [0.15, 0.2) is 23.6 Å². The second-order valence-corrected chi connectivity index (χ2v) is 4.71. The van der Waals surface area contributed by atoms with E-state index in [1.807, 2.05) is 12.3 Å². The minimum atomic E-state index is 0.540. The van der Waals surface area contributed by atoms with Gasteiger partial charge >= 0.3 is 0 Å². The van der Waals surface area contributed by atoms with Gasteiger partial charge in [0, 0.05) is 25.2 Å². The predicted octanol–water partition coefficient (Wildman–Crippen LogP) is 1.99. The van der Waals surface area contributed by atoms with Crippen LogP contribution in [0, 0.1) is 0 Å². The molecule has 0 amide bonds. The molecule has 0 unspecified atom stereocenters. The summed E-state index contributed by atoms with van der Waals surface area (Å²) in [6.07, 6.45) is 5.84. The Labute approximate surface area is 110 Å². The van der Waals surface area contributed by atoms with Gasteiger partial charge in [0.05, 0.1) is 0 Å². The second-order valence-electron chi connectivity index (χ2n) is 3.64. The Bertz CT molecular complexity index is 484. The number of aromatic nitrogens is 5. The maximum Gasteiger partial charge on any atom is 0.256 e. The number of anilines is 1. The summed E-state index contributed by atoms with van der Waals surface area (Å²) in [6.45, 7) is 2.17. The first-order valence-corrected chi connectivity index (χ1v) is 6.88. The topological polar surface area (TPSA) is 68.5 Å². The Balaban J connectivity index is 2.22. The minimum absolute atomic E-state index is 0.540. The monoisotopic (exact) mass is 264 g/mol. The van der Waals surface area contributed by atoms with Gasteiger partial charge in [0.2, 0.25) is 5.95 Å². The molecule has 2 heterocycles. The van der Waals surface area contributed by atoms with Crippen LogP contribution in [-0.4, -0.2) is 37.5 Å². The smallest absolute Gasteiger partial charge is 0.256 e. The molecule has 96 valence electrons. The van der Waals surface area contributed by atoms with E-state index < -0.39 is 0 Å². The van der Waals surface area contributed by atoms with Crippen LogP contribution in [0.3, 0.4) is 0 Å². The van der Waals surface area contributed by atoms with Gasteiger partial charge in [0.15, 0.2) is 5.16 Å². The zero-order valence-electron chi connectivity index (χ0n) is 10.5. The SMILES string of the molecule is CCCCSc1nc(NC)nc(-n2cccn2)n1. The first kappa shape index (κ1) is 12.8. The molecular formula is C11H16N6S. The molecule has 1 N–H and O–H groups in total. The molecule has 0 radical (unpaired) electrons. The lowest BCUT2D eigenvalue weighted by molar-refractivity contribution is 0.761. The van der Waals surface area contributed by atoms with E-state index in [2.05, 4.69) is 32.3 Å². The molecule has 2 rings (SSSR count). The number of hydrogen-bond donors (Lipinski definition) is 1. The zero-order valence-corrected chi connectivity index (χ0v) is 11.3. The molecule has 0 atom stereocenters. The number of nitrogens with zero attached hydrogens (tertiary/aromatic N) is 5. The predicted molar refractivity (Wildman–Crippen MR) is 72.1 cm³/mol. The lowest BCUT2D eigenvalue weighted by Crippen LogP contribution is -2.07. The highest BCUT2D eigenvalue weighted by atomic mass is 32.2. The van der Waals surface area contributed by atoms with E-state index in [-0.39, 0.29) is 0 Å². The van der Waals surface area contributed by atoms with Crippen molar-refractivity contribution in [3.05, 3.63) is 18.5 Å². The fourth-order valence-corrected chi connectivity index (χ4v) is 2.23. The van der Waals surface area contributed by atoms with Crippen molar-refractivity contribution in [3.8, 4) is 5.95 Å². The van der Waals surface area contributed by atoms with E-state index in [0.29, 0.717) is 11.9 Å². The summed E-state index contributed by atoms with van der Waals surface area (Å²) in [7, 11) is 1.79. The third-order valence-electron chi connectivity index (χ3n) is 2.27. The van der Waals surface area contributed by atoms with Crippen LogP contribution in [0.5, 0.6) is 0 Å². The summed E-state index contributed by atoms with van der Waals surface area (Å²) < 4.78 is 1.63. The average Bonchev–Trinajstić information content (AvgIpc) is 2.92. The minimum Gasteiger partial charge on any atom is -0.357 e. The van der Waals surface area contributed by atoms with Crippen molar-refractivity contribution in [3.63, 3.8) is 0 Å². The molecule has 2 aromatic heterocycles. The molecule has 6 nitrogen and oxygen atoms in total. The Morgan fingerprint density at radius 2 is 2.22 bits per heavy atom. The molecule has 0 aliphatic heterocycles. The van der Waals surface area contributed by atoms with Crippen LogP contribution in [0.25, 0.3) is 5.95 Å². The van der Waals surface area contributed by atoms with E-state index in [4.69, 9.17) is 0 Å². The highest BCUT2D eigenvalue weighted by Gasteiger charge is 2.07. The van der Waals surface area contributed by atoms with Crippen molar-refractivity contribution in [2.75, 3.05) is 18.1 Å². The second kappa shape index (κ2) is 6.34. The average molecular weight is 264 g/mol.